The Morgan fingerprint density at radius 3 is 1.49 bits per heavy atom. The molecule has 0 radical (unpaired) electrons. The number of rotatable bonds is 20. The first-order valence-electron chi connectivity index (χ1n) is 26.4. The second-order valence-electron chi connectivity index (χ2n) is 22.5. The van der Waals surface area contributed by atoms with Crippen molar-refractivity contribution in [1.29, 1.82) is 0 Å². The summed E-state index contributed by atoms with van der Waals surface area (Å²) in [5, 5.41) is 11.5. The first-order chi connectivity index (χ1) is 36.8. The number of hydrogen-bond acceptors (Lipinski definition) is 10. The van der Waals surface area contributed by atoms with Gasteiger partial charge in [0.25, 0.3) is 0 Å². The minimum atomic E-state index is -4.51. The molecule has 0 atom stereocenters. The second kappa shape index (κ2) is 28.2. The van der Waals surface area contributed by atoms with Crippen LogP contribution in [0.25, 0.3) is 0 Å². The molecular weight excluding hydrogens is 1070 g/mol. The number of ether oxygens (including phenoxy) is 4. The highest BCUT2D eigenvalue weighted by atomic mass is 35.5. The average Bonchev–Trinajstić information content (AvgIpc) is 3.96. The summed E-state index contributed by atoms with van der Waals surface area (Å²) in [5.74, 6) is -0.681. The van der Waals surface area contributed by atoms with Gasteiger partial charge in [-0.3, -0.25) is 24.1 Å². The third kappa shape index (κ3) is 20.5. The van der Waals surface area contributed by atoms with E-state index in [9.17, 15) is 50.3 Å². The fourth-order valence-corrected chi connectivity index (χ4v) is 8.91. The van der Waals surface area contributed by atoms with Crippen molar-refractivity contribution in [2.24, 2.45) is 11.8 Å². The number of carbonyl (C=O) groups excluding carboxylic acids is 4. The molecule has 2 heterocycles. The number of benzene rings is 4. The molecule has 6 rings (SSSR count). The largest absolute Gasteiger partial charge is 0.489 e. The third-order valence-corrected chi connectivity index (χ3v) is 12.3. The maximum Gasteiger partial charge on any atom is 0.416 e. The van der Waals surface area contributed by atoms with Gasteiger partial charge in [0.2, 0.25) is 11.8 Å². The summed E-state index contributed by atoms with van der Waals surface area (Å²) in [6, 6.07) is 18.9. The van der Waals surface area contributed by atoms with Crippen molar-refractivity contribution in [3.05, 3.63) is 117 Å². The number of carbonyl (C=O) groups is 5. The van der Waals surface area contributed by atoms with Crippen LogP contribution in [0.1, 0.15) is 127 Å². The van der Waals surface area contributed by atoms with E-state index < -0.39 is 52.7 Å². The molecule has 0 fully saturated rings. The van der Waals surface area contributed by atoms with Gasteiger partial charge in [0, 0.05) is 48.7 Å². The van der Waals surface area contributed by atoms with E-state index in [1.165, 1.54) is 29.2 Å². The summed E-state index contributed by atoms with van der Waals surface area (Å²) in [6.45, 7) is 18.4. The van der Waals surface area contributed by atoms with Crippen molar-refractivity contribution in [3.63, 3.8) is 0 Å². The lowest BCUT2D eigenvalue weighted by Gasteiger charge is -2.29. The molecule has 4 aromatic rings. The summed E-state index contributed by atoms with van der Waals surface area (Å²) >= 11 is 0. The van der Waals surface area contributed by atoms with Crippen LogP contribution in [-0.2, 0) is 79.9 Å². The number of anilines is 2. The number of carboxylic acids is 1. The van der Waals surface area contributed by atoms with Gasteiger partial charge in [-0.25, -0.2) is 4.79 Å². The minimum absolute atomic E-state index is 0. The van der Waals surface area contributed by atoms with E-state index in [-0.39, 0.29) is 99.4 Å². The van der Waals surface area contributed by atoms with Crippen molar-refractivity contribution in [3.8, 4) is 11.5 Å². The van der Waals surface area contributed by atoms with Crippen molar-refractivity contribution in [1.82, 2.24) is 10.2 Å². The second-order valence-corrected chi connectivity index (χ2v) is 22.5. The molecule has 21 heteroatoms. The van der Waals surface area contributed by atoms with Crippen LogP contribution in [0.4, 0.5) is 42.5 Å². The van der Waals surface area contributed by atoms with Gasteiger partial charge in [-0.05, 0) is 150 Å². The molecule has 2 N–H and O–H groups in total. The van der Waals surface area contributed by atoms with Crippen molar-refractivity contribution < 1.29 is 74.4 Å². The van der Waals surface area contributed by atoms with Gasteiger partial charge in [-0.1, -0.05) is 52.0 Å². The number of amides is 3. The average molecular weight is 1150 g/mol. The van der Waals surface area contributed by atoms with Gasteiger partial charge < -0.3 is 39.2 Å². The SMILES string of the molecule is CC(C)Cc1ccc(COc2ccc3c(c2)CCN3C(=O)CN(CCC(=O)OC(C)(C)C)C(=O)OC(C)(C)C)c(C(F)(F)F)c1.CC(C)Cc1ccc(COc2ccc3c(c2)CCN3C(=O)CNCCC(=O)O)c(C(F)(F)F)c1.Cl. The number of alkyl halides is 6. The smallest absolute Gasteiger partial charge is 0.416 e. The topological polar surface area (TPSA) is 164 Å². The van der Waals surface area contributed by atoms with Crippen LogP contribution < -0.4 is 24.6 Å². The van der Waals surface area contributed by atoms with Crippen molar-refractivity contribution in [2.75, 3.05) is 49.1 Å². The molecule has 0 aromatic heterocycles. The summed E-state index contributed by atoms with van der Waals surface area (Å²) < 4.78 is 105. The van der Waals surface area contributed by atoms with Crippen LogP contribution in [0.3, 0.4) is 0 Å². The van der Waals surface area contributed by atoms with Gasteiger partial charge >= 0.3 is 30.4 Å². The van der Waals surface area contributed by atoms with Crippen LogP contribution in [0.15, 0.2) is 72.8 Å². The first-order valence-corrected chi connectivity index (χ1v) is 26.4. The van der Waals surface area contributed by atoms with Crippen LogP contribution in [0.2, 0.25) is 0 Å². The number of hydrogen-bond donors (Lipinski definition) is 2. The lowest BCUT2D eigenvalue weighted by molar-refractivity contribution is -0.155. The molecule has 80 heavy (non-hydrogen) atoms. The Hall–Kier alpha value is -6.54. The van der Waals surface area contributed by atoms with E-state index in [2.05, 4.69) is 5.32 Å². The predicted octanol–water partition coefficient (Wildman–Crippen LogP) is 12.2. The molecule has 0 bridgehead atoms. The van der Waals surface area contributed by atoms with E-state index in [0.717, 1.165) is 16.8 Å². The van der Waals surface area contributed by atoms with Gasteiger partial charge in [0.15, 0.2) is 0 Å². The normalized spacial score (nSPS) is 13.2. The first kappa shape index (κ1) is 66.0. The van der Waals surface area contributed by atoms with Crippen molar-refractivity contribution >= 4 is 53.6 Å². The molecule has 440 valence electrons. The molecule has 14 nitrogen and oxygen atoms in total. The molecule has 0 spiro atoms. The zero-order valence-corrected chi connectivity index (χ0v) is 47.9. The van der Waals surface area contributed by atoms with Crippen LogP contribution in [-0.4, -0.2) is 90.3 Å². The summed E-state index contributed by atoms with van der Waals surface area (Å²) in [6.07, 6.45) is -7.67. The van der Waals surface area contributed by atoms with E-state index >= 15 is 0 Å². The number of fused-ring (bicyclic) bond motifs is 2. The van der Waals surface area contributed by atoms with E-state index in [1.807, 2.05) is 27.7 Å². The number of nitrogens with zero attached hydrogens (tertiary/aromatic N) is 3. The zero-order valence-electron chi connectivity index (χ0n) is 47.1. The van der Waals surface area contributed by atoms with Gasteiger partial charge in [-0.2, -0.15) is 26.3 Å². The summed E-state index contributed by atoms with van der Waals surface area (Å²) in [7, 11) is 0. The lowest BCUT2D eigenvalue weighted by Crippen LogP contribution is -2.45. The quantitative estimate of drug-likeness (QED) is 0.0492. The monoisotopic (exact) mass is 1150 g/mol. The molecule has 0 unspecified atom stereocenters. The van der Waals surface area contributed by atoms with Crippen LogP contribution in [0.5, 0.6) is 11.5 Å². The molecule has 2 aliphatic heterocycles. The van der Waals surface area contributed by atoms with Gasteiger partial charge in [0.1, 0.15) is 42.5 Å². The molecule has 0 aliphatic carbocycles. The molecule has 0 saturated heterocycles. The predicted molar refractivity (Wildman–Crippen MR) is 294 cm³/mol. The number of carboxylic acid groups (broad SMARTS) is 1. The van der Waals surface area contributed by atoms with E-state index in [0.29, 0.717) is 67.1 Å². The molecular formula is C59H75ClF6N4O10. The standard InChI is InChI=1S/C34H45F3N2O6.C25H29F3N2O4.ClH/c1-22(2)17-23-9-10-25(27(18-23)34(35,36)37)21-43-26-11-12-28-24(19-26)13-16-39(28)29(40)20-38(31(42)45-33(6,7)8)15-14-30(41)44-32(3,4)5;1-16(2)11-17-3-4-19(21(12-17)25(26,27)28)15-34-20-5-6-22-18(13-20)8-10-30(22)23(31)14-29-9-7-24(32)33;/h9-12,18-19,22H,13-17,20-21H2,1-8H3;3-6,12-13,16,29H,7-11,14-15H2,1-2H3,(H,32,33);1H. The Balaban J connectivity index is 0.000000353. The summed E-state index contributed by atoms with van der Waals surface area (Å²) in [5.41, 5.74) is 1.52. The number of esters is 1. The summed E-state index contributed by atoms with van der Waals surface area (Å²) in [4.78, 5) is 66.0. The minimum Gasteiger partial charge on any atom is -0.489 e. The third-order valence-electron chi connectivity index (χ3n) is 12.3. The van der Waals surface area contributed by atoms with Gasteiger partial charge in [-0.15, -0.1) is 12.4 Å². The zero-order chi connectivity index (χ0) is 58.6. The van der Waals surface area contributed by atoms with Gasteiger partial charge in [0.05, 0.1) is 30.5 Å². The Morgan fingerprint density at radius 1 is 0.625 bits per heavy atom. The van der Waals surface area contributed by atoms with Crippen LogP contribution >= 0.6 is 12.4 Å². The number of aliphatic carboxylic acids is 1. The molecule has 0 saturated carbocycles. The Morgan fingerprint density at radius 2 is 1.07 bits per heavy atom. The Labute approximate surface area is 470 Å². The Bertz CT molecular complexity index is 2790. The fourth-order valence-electron chi connectivity index (χ4n) is 8.91. The fraction of sp³-hybridized carbons (Fsp3) is 0.508. The maximum atomic E-state index is 13.8. The number of halogens is 7. The molecule has 3 amide bonds. The highest BCUT2D eigenvalue weighted by Gasteiger charge is 2.36. The number of nitrogens with one attached hydrogen (secondary N) is 1. The van der Waals surface area contributed by atoms with Crippen LogP contribution in [0, 0.1) is 11.8 Å². The highest BCUT2D eigenvalue weighted by molar-refractivity contribution is 5.98. The highest BCUT2D eigenvalue weighted by Crippen LogP contribution is 2.38. The van der Waals surface area contributed by atoms with E-state index in [1.54, 1.807) is 99.9 Å². The Kier molecular flexibility index (Phi) is 23.3. The maximum absolute atomic E-state index is 13.8. The molecule has 4 aromatic carbocycles. The van der Waals surface area contributed by atoms with E-state index in [4.69, 9.17) is 24.1 Å². The van der Waals surface area contributed by atoms with Crippen molar-refractivity contribution in [2.45, 2.75) is 145 Å². The lowest BCUT2D eigenvalue weighted by atomic mass is 9.98. The molecule has 2 aliphatic rings.